The third-order valence-electron chi connectivity index (χ3n) is 11.9. The Morgan fingerprint density at radius 2 is 0.836 bits per heavy atom. The summed E-state index contributed by atoms with van der Waals surface area (Å²) in [5, 5.41) is 9.89. The van der Waals surface area contributed by atoms with E-state index in [1.165, 1.54) is 76.5 Å². The number of aromatic nitrogens is 2. The second kappa shape index (κ2) is 12.1. The molecule has 1 aliphatic rings. The SMILES string of the molecule is CC1(C)c2ccccc2-c2cc(-c3ccc(-c4cc(-c5ccc6c7ccccc7c7ccccc7c6c5)nc(-c5ccccc5)n4)c4ccccc34)ccc21. The molecule has 11 rings (SSSR count). The molecular formula is C53H36N2. The molecule has 0 unspecified atom stereocenters. The first-order valence-electron chi connectivity index (χ1n) is 19.1. The highest BCUT2D eigenvalue weighted by Gasteiger charge is 2.35. The van der Waals surface area contributed by atoms with Crippen molar-refractivity contribution in [1.29, 1.82) is 0 Å². The largest absolute Gasteiger partial charge is 0.228 e. The van der Waals surface area contributed by atoms with E-state index >= 15 is 0 Å². The van der Waals surface area contributed by atoms with Gasteiger partial charge in [-0.15, -0.1) is 0 Å². The molecule has 9 aromatic carbocycles. The summed E-state index contributed by atoms with van der Waals surface area (Å²) in [6.07, 6.45) is 0. The molecule has 1 aliphatic carbocycles. The van der Waals surface area contributed by atoms with Crippen molar-refractivity contribution in [2.75, 3.05) is 0 Å². The molecule has 0 fully saturated rings. The number of hydrogen-bond acceptors (Lipinski definition) is 2. The van der Waals surface area contributed by atoms with Crippen molar-refractivity contribution in [2.45, 2.75) is 19.3 Å². The van der Waals surface area contributed by atoms with Gasteiger partial charge in [0, 0.05) is 22.1 Å². The Morgan fingerprint density at radius 1 is 0.309 bits per heavy atom. The summed E-state index contributed by atoms with van der Waals surface area (Å²) < 4.78 is 0. The highest BCUT2D eigenvalue weighted by atomic mass is 14.9. The average molecular weight is 701 g/mol. The van der Waals surface area contributed by atoms with Gasteiger partial charge in [0.25, 0.3) is 0 Å². The van der Waals surface area contributed by atoms with Gasteiger partial charge in [0.1, 0.15) is 0 Å². The maximum atomic E-state index is 5.28. The lowest BCUT2D eigenvalue weighted by molar-refractivity contribution is 0.660. The van der Waals surface area contributed by atoms with Crippen LogP contribution in [-0.2, 0) is 5.41 Å². The Hall–Kier alpha value is -6.90. The van der Waals surface area contributed by atoms with Crippen molar-refractivity contribution in [3.8, 4) is 56.2 Å². The van der Waals surface area contributed by atoms with Crippen molar-refractivity contribution in [3.63, 3.8) is 0 Å². The average Bonchev–Trinajstić information content (AvgIpc) is 3.48. The fourth-order valence-electron chi connectivity index (χ4n) is 9.18. The van der Waals surface area contributed by atoms with E-state index in [2.05, 4.69) is 190 Å². The summed E-state index contributed by atoms with van der Waals surface area (Å²) in [4.78, 5) is 10.5. The molecule has 1 heterocycles. The van der Waals surface area contributed by atoms with Crippen LogP contribution in [0, 0.1) is 0 Å². The molecule has 0 saturated carbocycles. The first kappa shape index (κ1) is 31.6. The number of fused-ring (bicyclic) bond motifs is 10. The molecule has 0 saturated heterocycles. The summed E-state index contributed by atoms with van der Waals surface area (Å²) in [5.74, 6) is 0.713. The van der Waals surface area contributed by atoms with E-state index in [0.717, 1.165) is 28.1 Å². The van der Waals surface area contributed by atoms with Gasteiger partial charge in [0.05, 0.1) is 11.4 Å². The van der Waals surface area contributed by atoms with Crippen LogP contribution in [0.25, 0.3) is 99.2 Å². The zero-order valence-corrected chi connectivity index (χ0v) is 30.7. The van der Waals surface area contributed by atoms with Gasteiger partial charge in [0.15, 0.2) is 5.82 Å². The first-order chi connectivity index (χ1) is 27.0. The maximum Gasteiger partial charge on any atom is 0.160 e. The van der Waals surface area contributed by atoms with Gasteiger partial charge in [-0.2, -0.15) is 0 Å². The summed E-state index contributed by atoms with van der Waals surface area (Å²) in [7, 11) is 0. The van der Waals surface area contributed by atoms with Gasteiger partial charge in [-0.25, -0.2) is 9.97 Å². The lowest BCUT2D eigenvalue weighted by Crippen LogP contribution is -2.14. The molecule has 0 spiro atoms. The van der Waals surface area contributed by atoms with E-state index in [1.807, 2.05) is 6.07 Å². The fourth-order valence-corrected chi connectivity index (χ4v) is 9.18. The summed E-state index contributed by atoms with van der Waals surface area (Å²) >= 11 is 0. The molecule has 2 heteroatoms. The monoisotopic (exact) mass is 700 g/mol. The van der Waals surface area contributed by atoms with Crippen LogP contribution in [0.2, 0.25) is 0 Å². The molecule has 258 valence electrons. The first-order valence-corrected chi connectivity index (χ1v) is 19.1. The standard InChI is InChI=1S/C53H36N2/c1-53(2)48-23-13-12-22-44(48)47-30-34(25-29-49(47)53)36-27-28-45(41-20-10-6-16-37(36)41)51-32-50(54-52(55-51)33-14-4-3-5-15-33)35-24-26-43-40-19-8-7-17-38(40)39-18-9-11-21-42(39)46(43)31-35/h3-32H,1-2H3. The minimum atomic E-state index is -0.0243. The van der Waals surface area contributed by atoms with Gasteiger partial charge in [-0.1, -0.05) is 178 Å². The second-order valence-electron chi connectivity index (χ2n) is 15.3. The van der Waals surface area contributed by atoms with Gasteiger partial charge in [0.2, 0.25) is 0 Å². The number of nitrogens with zero attached hydrogens (tertiary/aromatic N) is 2. The quantitative estimate of drug-likeness (QED) is 0.171. The van der Waals surface area contributed by atoms with Crippen LogP contribution in [0.15, 0.2) is 182 Å². The van der Waals surface area contributed by atoms with Crippen molar-refractivity contribution in [3.05, 3.63) is 193 Å². The molecule has 2 nitrogen and oxygen atoms in total. The van der Waals surface area contributed by atoms with Gasteiger partial charge >= 0.3 is 0 Å². The van der Waals surface area contributed by atoms with Crippen LogP contribution in [0.4, 0.5) is 0 Å². The molecular weight excluding hydrogens is 665 g/mol. The zero-order chi connectivity index (χ0) is 36.7. The molecule has 10 aromatic rings. The summed E-state index contributed by atoms with van der Waals surface area (Å²) in [6, 6.07) is 66.0. The van der Waals surface area contributed by atoms with Crippen LogP contribution >= 0.6 is 0 Å². The lowest BCUT2D eigenvalue weighted by atomic mass is 9.82. The van der Waals surface area contributed by atoms with Crippen LogP contribution in [0.1, 0.15) is 25.0 Å². The lowest BCUT2D eigenvalue weighted by Gasteiger charge is -2.21. The Bertz CT molecular complexity index is 3140. The predicted octanol–water partition coefficient (Wildman–Crippen LogP) is 14.1. The van der Waals surface area contributed by atoms with Gasteiger partial charge in [-0.05, 0) is 94.7 Å². The van der Waals surface area contributed by atoms with E-state index in [-0.39, 0.29) is 5.41 Å². The summed E-state index contributed by atoms with van der Waals surface area (Å²) in [5.41, 5.74) is 12.8. The third-order valence-corrected chi connectivity index (χ3v) is 11.9. The molecule has 0 atom stereocenters. The number of benzene rings is 9. The highest BCUT2D eigenvalue weighted by Crippen LogP contribution is 2.50. The van der Waals surface area contributed by atoms with Crippen molar-refractivity contribution >= 4 is 43.1 Å². The van der Waals surface area contributed by atoms with Crippen molar-refractivity contribution < 1.29 is 0 Å². The minimum absolute atomic E-state index is 0.0243. The van der Waals surface area contributed by atoms with E-state index in [9.17, 15) is 0 Å². The zero-order valence-electron chi connectivity index (χ0n) is 30.7. The van der Waals surface area contributed by atoms with Crippen LogP contribution in [0.3, 0.4) is 0 Å². The van der Waals surface area contributed by atoms with E-state index < -0.39 is 0 Å². The Morgan fingerprint density at radius 3 is 1.56 bits per heavy atom. The molecule has 0 aliphatic heterocycles. The molecule has 0 N–H and O–H groups in total. The van der Waals surface area contributed by atoms with Gasteiger partial charge < -0.3 is 0 Å². The van der Waals surface area contributed by atoms with E-state index in [1.54, 1.807) is 0 Å². The smallest absolute Gasteiger partial charge is 0.160 e. The highest BCUT2D eigenvalue weighted by molar-refractivity contribution is 6.25. The van der Waals surface area contributed by atoms with Crippen LogP contribution < -0.4 is 0 Å². The van der Waals surface area contributed by atoms with Crippen molar-refractivity contribution in [2.24, 2.45) is 0 Å². The Balaban J connectivity index is 1.10. The normalized spacial score (nSPS) is 13.1. The minimum Gasteiger partial charge on any atom is -0.228 e. The second-order valence-corrected chi connectivity index (χ2v) is 15.3. The molecule has 1 aromatic heterocycles. The van der Waals surface area contributed by atoms with Gasteiger partial charge in [-0.3, -0.25) is 0 Å². The molecule has 55 heavy (non-hydrogen) atoms. The number of hydrogen-bond donors (Lipinski definition) is 0. The topological polar surface area (TPSA) is 25.8 Å². The van der Waals surface area contributed by atoms with E-state index in [4.69, 9.17) is 9.97 Å². The Kier molecular flexibility index (Phi) is 6.93. The summed E-state index contributed by atoms with van der Waals surface area (Å²) in [6.45, 7) is 4.67. The van der Waals surface area contributed by atoms with Crippen LogP contribution in [-0.4, -0.2) is 9.97 Å². The molecule has 0 radical (unpaired) electrons. The van der Waals surface area contributed by atoms with Crippen molar-refractivity contribution in [1.82, 2.24) is 9.97 Å². The number of rotatable bonds is 4. The van der Waals surface area contributed by atoms with Crippen LogP contribution in [0.5, 0.6) is 0 Å². The van der Waals surface area contributed by atoms with E-state index in [0.29, 0.717) is 5.82 Å². The molecule has 0 amide bonds. The molecule has 0 bridgehead atoms. The predicted molar refractivity (Wildman–Crippen MR) is 231 cm³/mol. The maximum absolute atomic E-state index is 5.28. The third kappa shape index (κ3) is 4.88. The Labute approximate surface area is 320 Å². The fraction of sp³-hybridized carbons (Fsp3) is 0.0566.